The standard InChI is InChI=1S/C11H13N3S/c1-4-5-6-7-8-10-13-14-11(15-10)12-9(2)3/h4-8H,1H2,2-3H3. The van der Waals surface area contributed by atoms with E-state index in [4.69, 9.17) is 0 Å². The number of aromatic nitrogens is 2. The molecule has 1 heterocycles. The molecule has 0 atom stereocenters. The first-order valence-corrected chi connectivity index (χ1v) is 5.35. The molecule has 0 saturated carbocycles. The number of aliphatic imine (C=N–C) groups is 1. The van der Waals surface area contributed by atoms with E-state index in [9.17, 15) is 0 Å². The van der Waals surface area contributed by atoms with Crippen LogP contribution in [0.2, 0.25) is 0 Å². The highest BCUT2D eigenvalue weighted by molar-refractivity contribution is 7.15. The molecular weight excluding hydrogens is 206 g/mol. The van der Waals surface area contributed by atoms with Gasteiger partial charge in [0, 0.05) is 5.71 Å². The van der Waals surface area contributed by atoms with Gasteiger partial charge in [0.1, 0.15) is 5.01 Å². The molecule has 1 aromatic rings. The van der Waals surface area contributed by atoms with Crippen LogP contribution in [0.15, 0.2) is 35.9 Å². The maximum absolute atomic E-state index is 4.22. The van der Waals surface area contributed by atoms with Crippen LogP contribution < -0.4 is 0 Å². The monoisotopic (exact) mass is 219 g/mol. The Morgan fingerprint density at radius 3 is 2.73 bits per heavy atom. The van der Waals surface area contributed by atoms with Crippen LogP contribution in [-0.4, -0.2) is 15.9 Å². The summed E-state index contributed by atoms with van der Waals surface area (Å²) in [6.45, 7) is 7.45. The first-order chi connectivity index (χ1) is 7.22. The second-order valence-electron chi connectivity index (χ2n) is 2.96. The molecule has 0 radical (unpaired) electrons. The molecule has 0 fully saturated rings. The fraction of sp³-hybridized carbons (Fsp3) is 0.182. The highest BCUT2D eigenvalue weighted by Crippen LogP contribution is 2.19. The van der Waals surface area contributed by atoms with Crippen LogP contribution in [0.25, 0.3) is 6.08 Å². The molecule has 0 aliphatic carbocycles. The quantitative estimate of drug-likeness (QED) is 0.575. The molecule has 0 amide bonds. The Labute approximate surface area is 93.6 Å². The Balaban J connectivity index is 2.68. The molecule has 78 valence electrons. The van der Waals surface area contributed by atoms with Crippen molar-refractivity contribution in [1.82, 2.24) is 10.2 Å². The predicted molar refractivity (Wildman–Crippen MR) is 66.7 cm³/mol. The number of hydrogen-bond acceptors (Lipinski definition) is 4. The molecule has 4 heteroatoms. The van der Waals surface area contributed by atoms with Gasteiger partial charge >= 0.3 is 0 Å². The third-order valence-corrected chi connectivity index (χ3v) is 2.13. The number of hydrogen-bond donors (Lipinski definition) is 0. The lowest BCUT2D eigenvalue weighted by Crippen LogP contribution is -1.76. The highest BCUT2D eigenvalue weighted by atomic mass is 32.1. The van der Waals surface area contributed by atoms with E-state index in [-0.39, 0.29) is 0 Å². The molecule has 0 bridgehead atoms. The van der Waals surface area contributed by atoms with Crippen molar-refractivity contribution in [2.75, 3.05) is 0 Å². The van der Waals surface area contributed by atoms with Crippen molar-refractivity contribution in [1.29, 1.82) is 0 Å². The van der Waals surface area contributed by atoms with Crippen molar-refractivity contribution in [3.63, 3.8) is 0 Å². The Bertz CT molecular complexity index is 409. The minimum atomic E-state index is 0.697. The summed E-state index contributed by atoms with van der Waals surface area (Å²) < 4.78 is 0. The van der Waals surface area contributed by atoms with Gasteiger partial charge in [-0.3, -0.25) is 0 Å². The Morgan fingerprint density at radius 2 is 2.07 bits per heavy atom. The zero-order valence-electron chi connectivity index (χ0n) is 8.84. The molecule has 0 aliphatic heterocycles. The SMILES string of the molecule is C=CC=CC=Cc1nnc(N=C(C)C)s1. The van der Waals surface area contributed by atoms with Gasteiger partial charge in [0.05, 0.1) is 0 Å². The summed E-state index contributed by atoms with van der Waals surface area (Å²) in [6, 6.07) is 0. The highest BCUT2D eigenvalue weighted by Gasteiger charge is 1.97. The molecule has 0 aromatic carbocycles. The summed E-state index contributed by atoms with van der Waals surface area (Å²) in [5.74, 6) is 0. The van der Waals surface area contributed by atoms with Gasteiger partial charge in [0.15, 0.2) is 0 Å². The van der Waals surface area contributed by atoms with Crippen LogP contribution >= 0.6 is 11.3 Å². The van der Waals surface area contributed by atoms with Gasteiger partial charge in [-0.1, -0.05) is 42.2 Å². The average Bonchev–Trinajstić information content (AvgIpc) is 2.59. The van der Waals surface area contributed by atoms with Gasteiger partial charge in [0.25, 0.3) is 0 Å². The lowest BCUT2D eigenvalue weighted by molar-refractivity contribution is 1.07. The molecule has 0 unspecified atom stereocenters. The number of allylic oxidation sites excluding steroid dienone is 4. The lowest BCUT2D eigenvalue weighted by atomic mass is 10.4. The maximum atomic E-state index is 4.22. The van der Waals surface area contributed by atoms with E-state index in [1.807, 2.05) is 38.2 Å². The van der Waals surface area contributed by atoms with E-state index in [0.29, 0.717) is 5.13 Å². The first-order valence-electron chi connectivity index (χ1n) is 4.53. The predicted octanol–water partition coefficient (Wildman–Crippen LogP) is 3.41. The van der Waals surface area contributed by atoms with E-state index in [2.05, 4.69) is 21.8 Å². The van der Waals surface area contributed by atoms with Gasteiger partial charge in [-0.25, -0.2) is 4.99 Å². The Hall–Kier alpha value is -1.55. The minimum Gasteiger partial charge on any atom is -0.228 e. The Morgan fingerprint density at radius 1 is 1.27 bits per heavy atom. The molecule has 3 nitrogen and oxygen atoms in total. The van der Waals surface area contributed by atoms with Crippen molar-refractivity contribution < 1.29 is 0 Å². The summed E-state index contributed by atoms with van der Waals surface area (Å²) >= 11 is 1.46. The number of rotatable bonds is 4. The van der Waals surface area contributed by atoms with Gasteiger partial charge in [-0.15, -0.1) is 10.2 Å². The molecule has 15 heavy (non-hydrogen) atoms. The summed E-state index contributed by atoms with van der Waals surface area (Å²) in [5, 5.41) is 9.47. The van der Waals surface area contributed by atoms with Gasteiger partial charge in [0.2, 0.25) is 5.13 Å². The third kappa shape index (κ3) is 4.46. The fourth-order valence-electron chi connectivity index (χ4n) is 0.811. The van der Waals surface area contributed by atoms with E-state index < -0.39 is 0 Å². The summed E-state index contributed by atoms with van der Waals surface area (Å²) in [7, 11) is 0. The fourth-order valence-corrected chi connectivity index (χ4v) is 1.54. The second-order valence-corrected chi connectivity index (χ2v) is 3.95. The van der Waals surface area contributed by atoms with Crippen molar-refractivity contribution in [2.45, 2.75) is 13.8 Å². The van der Waals surface area contributed by atoms with Gasteiger partial charge in [-0.05, 0) is 19.9 Å². The number of nitrogens with zero attached hydrogens (tertiary/aromatic N) is 3. The lowest BCUT2D eigenvalue weighted by Gasteiger charge is -1.82. The van der Waals surface area contributed by atoms with Gasteiger partial charge < -0.3 is 0 Å². The summed E-state index contributed by atoms with van der Waals surface area (Å²) in [5.41, 5.74) is 0.980. The molecule has 0 spiro atoms. The van der Waals surface area contributed by atoms with Crippen LogP contribution in [0.1, 0.15) is 18.9 Å². The van der Waals surface area contributed by atoms with Crippen LogP contribution in [-0.2, 0) is 0 Å². The van der Waals surface area contributed by atoms with E-state index in [1.165, 1.54) is 11.3 Å². The van der Waals surface area contributed by atoms with Crippen LogP contribution in [0, 0.1) is 0 Å². The van der Waals surface area contributed by atoms with Crippen LogP contribution in [0.3, 0.4) is 0 Å². The van der Waals surface area contributed by atoms with Crippen molar-refractivity contribution in [3.8, 4) is 0 Å². The molecule has 0 N–H and O–H groups in total. The van der Waals surface area contributed by atoms with Crippen LogP contribution in [0.5, 0.6) is 0 Å². The molecule has 1 rings (SSSR count). The summed E-state index contributed by atoms with van der Waals surface area (Å²) in [6.07, 6.45) is 9.26. The zero-order chi connectivity index (χ0) is 11.1. The molecule has 0 aliphatic rings. The van der Waals surface area contributed by atoms with E-state index in [1.54, 1.807) is 6.08 Å². The van der Waals surface area contributed by atoms with Crippen molar-refractivity contribution >= 4 is 28.3 Å². The topological polar surface area (TPSA) is 38.1 Å². The third-order valence-electron chi connectivity index (χ3n) is 1.35. The maximum Gasteiger partial charge on any atom is 0.231 e. The second kappa shape index (κ2) is 6.03. The van der Waals surface area contributed by atoms with Gasteiger partial charge in [-0.2, -0.15) is 0 Å². The average molecular weight is 219 g/mol. The largest absolute Gasteiger partial charge is 0.231 e. The van der Waals surface area contributed by atoms with Crippen molar-refractivity contribution in [3.05, 3.63) is 35.9 Å². The minimum absolute atomic E-state index is 0.697. The van der Waals surface area contributed by atoms with E-state index >= 15 is 0 Å². The normalized spacial score (nSPS) is 11.1. The Kier molecular flexibility index (Phi) is 4.63. The van der Waals surface area contributed by atoms with Crippen LogP contribution in [0.4, 0.5) is 5.13 Å². The molecule has 1 aromatic heterocycles. The summed E-state index contributed by atoms with van der Waals surface area (Å²) in [4.78, 5) is 4.22. The smallest absolute Gasteiger partial charge is 0.228 e. The van der Waals surface area contributed by atoms with E-state index in [0.717, 1.165) is 10.7 Å². The molecule has 0 saturated heterocycles. The zero-order valence-corrected chi connectivity index (χ0v) is 9.66. The molecular formula is C11H13N3S. The van der Waals surface area contributed by atoms with Crippen molar-refractivity contribution in [2.24, 2.45) is 4.99 Å². The first kappa shape index (κ1) is 11.5.